The van der Waals surface area contributed by atoms with E-state index in [9.17, 15) is 4.79 Å². The fraction of sp³-hybridized carbons (Fsp3) is 0.474. The highest BCUT2D eigenvalue weighted by atomic mass is 16.6. The first kappa shape index (κ1) is 16.6. The SMILES string of the molecule is O=C(c1ccc2c(c1)OCCO2)N1C[C@@H]2OCC(n3cccn3)CO[C@H]2C1. The van der Waals surface area contributed by atoms with Gasteiger partial charge in [0.15, 0.2) is 11.5 Å². The largest absolute Gasteiger partial charge is 0.486 e. The molecule has 4 heterocycles. The van der Waals surface area contributed by atoms with Gasteiger partial charge in [-0.2, -0.15) is 5.10 Å². The summed E-state index contributed by atoms with van der Waals surface area (Å²) in [6.45, 7) is 3.11. The molecular weight excluding hydrogens is 350 g/mol. The number of ether oxygens (including phenoxy) is 4. The Morgan fingerprint density at radius 3 is 2.48 bits per heavy atom. The van der Waals surface area contributed by atoms with Crippen LogP contribution in [-0.4, -0.2) is 72.3 Å². The Kier molecular flexibility index (Phi) is 4.21. The van der Waals surface area contributed by atoms with Gasteiger partial charge in [0.05, 0.1) is 19.3 Å². The molecule has 2 saturated heterocycles. The van der Waals surface area contributed by atoms with Crippen molar-refractivity contribution in [1.29, 1.82) is 0 Å². The summed E-state index contributed by atoms with van der Waals surface area (Å²) in [5.74, 6) is 1.26. The van der Waals surface area contributed by atoms with Gasteiger partial charge >= 0.3 is 0 Å². The summed E-state index contributed by atoms with van der Waals surface area (Å²) in [7, 11) is 0. The predicted octanol–water partition coefficient (Wildman–Crippen LogP) is 1.14. The molecule has 0 N–H and O–H groups in total. The van der Waals surface area contributed by atoms with Crippen LogP contribution in [0, 0.1) is 0 Å². The first-order valence-electron chi connectivity index (χ1n) is 9.19. The van der Waals surface area contributed by atoms with Crippen molar-refractivity contribution in [1.82, 2.24) is 14.7 Å². The Morgan fingerprint density at radius 1 is 1.04 bits per heavy atom. The molecule has 0 spiro atoms. The zero-order valence-corrected chi connectivity index (χ0v) is 14.8. The Labute approximate surface area is 156 Å². The van der Waals surface area contributed by atoms with E-state index in [0.29, 0.717) is 56.6 Å². The molecule has 8 heteroatoms. The molecule has 1 aromatic carbocycles. The second kappa shape index (κ2) is 6.86. The number of likely N-dealkylation sites (tertiary alicyclic amines) is 1. The minimum absolute atomic E-state index is 0.0455. The van der Waals surface area contributed by atoms with Crippen molar-refractivity contribution in [3.05, 3.63) is 42.2 Å². The molecule has 0 bridgehead atoms. The van der Waals surface area contributed by atoms with Crippen molar-refractivity contribution in [2.45, 2.75) is 18.2 Å². The molecule has 142 valence electrons. The van der Waals surface area contributed by atoms with E-state index in [4.69, 9.17) is 18.9 Å². The van der Waals surface area contributed by atoms with Crippen molar-refractivity contribution >= 4 is 5.91 Å². The minimum atomic E-state index is -0.119. The first-order chi connectivity index (χ1) is 13.3. The van der Waals surface area contributed by atoms with Crippen LogP contribution in [0.25, 0.3) is 0 Å². The lowest BCUT2D eigenvalue weighted by Crippen LogP contribution is -2.31. The zero-order chi connectivity index (χ0) is 18.2. The molecule has 1 aromatic heterocycles. The number of hydrogen-bond acceptors (Lipinski definition) is 6. The van der Waals surface area contributed by atoms with Crippen LogP contribution in [0.2, 0.25) is 0 Å². The number of benzene rings is 1. The van der Waals surface area contributed by atoms with Gasteiger partial charge in [0.25, 0.3) is 5.91 Å². The lowest BCUT2D eigenvalue weighted by atomic mass is 10.1. The summed E-state index contributed by atoms with van der Waals surface area (Å²) >= 11 is 0. The number of aromatic nitrogens is 2. The molecule has 2 aromatic rings. The normalized spacial score (nSPS) is 25.1. The van der Waals surface area contributed by atoms with Gasteiger partial charge in [-0.05, 0) is 24.3 Å². The highest BCUT2D eigenvalue weighted by Crippen LogP contribution is 2.32. The van der Waals surface area contributed by atoms with E-state index in [0.717, 1.165) is 0 Å². The molecule has 1 amide bonds. The fourth-order valence-electron chi connectivity index (χ4n) is 3.76. The third-order valence-electron chi connectivity index (χ3n) is 5.20. The second-order valence-electron chi connectivity index (χ2n) is 6.95. The zero-order valence-electron chi connectivity index (χ0n) is 14.8. The number of hydrogen-bond donors (Lipinski definition) is 0. The molecule has 5 rings (SSSR count). The van der Waals surface area contributed by atoms with Crippen molar-refractivity contribution in [3.63, 3.8) is 0 Å². The van der Waals surface area contributed by atoms with Crippen LogP contribution < -0.4 is 9.47 Å². The molecule has 27 heavy (non-hydrogen) atoms. The number of fused-ring (bicyclic) bond motifs is 2. The monoisotopic (exact) mass is 371 g/mol. The molecule has 0 saturated carbocycles. The maximum absolute atomic E-state index is 12.9. The number of carbonyl (C=O) groups excluding carboxylic acids is 1. The molecule has 3 aliphatic rings. The van der Waals surface area contributed by atoms with E-state index in [2.05, 4.69) is 5.10 Å². The lowest BCUT2D eigenvalue weighted by Gasteiger charge is -2.21. The van der Waals surface area contributed by atoms with Gasteiger partial charge in [0.1, 0.15) is 25.4 Å². The van der Waals surface area contributed by atoms with Crippen molar-refractivity contribution in [2.75, 3.05) is 39.5 Å². The summed E-state index contributed by atoms with van der Waals surface area (Å²) in [4.78, 5) is 14.7. The quantitative estimate of drug-likeness (QED) is 0.788. The van der Waals surface area contributed by atoms with Crippen LogP contribution in [0.15, 0.2) is 36.7 Å². The summed E-state index contributed by atoms with van der Waals surface area (Å²) in [5.41, 5.74) is 0.588. The standard InChI is InChI=1S/C19H21N3O5/c23-19(13-2-3-15-16(8-13)25-7-6-24-15)21-9-17-18(10-21)27-12-14(11-26-17)22-5-1-4-20-22/h1-5,8,14,17-18H,6-7,9-12H2/t17-,18-/m0/s1. The molecule has 2 atom stereocenters. The number of nitrogens with zero attached hydrogens (tertiary/aromatic N) is 3. The van der Waals surface area contributed by atoms with E-state index in [1.54, 1.807) is 29.3 Å². The summed E-state index contributed by atoms with van der Waals surface area (Å²) in [6.07, 6.45) is 3.42. The highest BCUT2D eigenvalue weighted by molar-refractivity contribution is 5.95. The lowest BCUT2D eigenvalue weighted by molar-refractivity contribution is -0.00461. The van der Waals surface area contributed by atoms with Crippen LogP contribution in [0.5, 0.6) is 11.5 Å². The molecule has 0 aliphatic carbocycles. The Balaban J connectivity index is 1.26. The average molecular weight is 371 g/mol. The van der Waals surface area contributed by atoms with Crippen LogP contribution >= 0.6 is 0 Å². The summed E-state index contributed by atoms with van der Waals surface area (Å²) < 4.78 is 25.1. The molecule has 0 unspecified atom stereocenters. The molecule has 3 aliphatic heterocycles. The maximum atomic E-state index is 12.9. The van der Waals surface area contributed by atoms with Crippen molar-refractivity contribution in [2.24, 2.45) is 0 Å². The van der Waals surface area contributed by atoms with Gasteiger partial charge in [-0.1, -0.05) is 0 Å². The van der Waals surface area contributed by atoms with Crippen LogP contribution in [-0.2, 0) is 9.47 Å². The highest BCUT2D eigenvalue weighted by Gasteiger charge is 2.40. The number of amides is 1. The third-order valence-corrected chi connectivity index (χ3v) is 5.20. The summed E-state index contributed by atoms with van der Waals surface area (Å²) in [5, 5.41) is 4.26. The van der Waals surface area contributed by atoms with Crippen molar-refractivity contribution < 1.29 is 23.7 Å². The smallest absolute Gasteiger partial charge is 0.254 e. The van der Waals surface area contributed by atoms with E-state index in [1.807, 2.05) is 16.9 Å². The Morgan fingerprint density at radius 2 is 1.78 bits per heavy atom. The van der Waals surface area contributed by atoms with Gasteiger partial charge in [0.2, 0.25) is 0 Å². The third kappa shape index (κ3) is 3.15. The van der Waals surface area contributed by atoms with Crippen molar-refractivity contribution in [3.8, 4) is 11.5 Å². The van der Waals surface area contributed by atoms with Gasteiger partial charge in [0, 0.05) is 31.0 Å². The average Bonchev–Trinajstić information content (AvgIpc) is 3.34. The van der Waals surface area contributed by atoms with E-state index >= 15 is 0 Å². The molecular formula is C19H21N3O5. The van der Waals surface area contributed by atoms with Crippen LogP contribution in [0.3, 0.4) is 0 Å². The molecule has 0 radical (unpaired) electrons. The van der Waals surface area contributed by atoms with E-state index in [-0.39, 0.29) is 24.2 Å². The Hall–Kier alpha value is -2.58. The maximum Gasteiger partial charge on any atom is 0.254 e. The van der Waals surface area contributed by atoms with Gasteiger partial charge in [-0.15, -0.1) is 0 Å². The van der Waals surface area contributed by atoms with Gasteiger partial charge in [-0.3, -0.25) is 9.48 Å². The number of rotatable bonds is 2. The second-order valence-corrected chi connectivity index (χ2v) is 6.95. The first-order valence-corrected chi connectivity index (χ1v) is 9.19. The topological polar surface area (TPSA) is 75.0 Å². The van der Waals surface area contributed by atoms with Crippen LogP contribution in [0.1, 0.15) is 16.4 Å². The molecule has 2 fully saturated rings. The van der Waals surface area contributed by atoms with Gasteiger partial charge < -0.3 is 23.8 Å². The minimum Gasteiger partial charge on any atom is -0.486 e. The fourth-order valence-corrected chi connectivity index (χ4v) is 3.76. The van der Waals surface area contributed by atoms with E-state index < -0.39 is 0 Å². The number of carbonyl (C=O) groups is 1. The molecule has 8 nitrogen and oxygen atoms in total. The Bertz CT molecular complexity index is 809. The van der Waals surface area contributed by atoms with Crippen LogP contribution in [0.4, 0.5) is 0 Å². The van der Waals surface area contributed by atoms with Gasteiger partial charge in [-0.25, -0.2) is 0 Å². The summed E-state index contributed by atoms with van der Waals surface area (Å²) in [6, 6.07) is 7.27. The van der Waals surface area contributed by atoms with E-state index in [1.165, 1.54) is 0 Å². The predicted molar refractivity (Wildman–Crippen MR) is 94.1 cm³/mol.